The van der Waals surface area contributed by atoms with Gasteiger partial charge >= 0.3 is 0 Å². The molecule has 0 aliphatic heterocycles. The highest BCUT2D eigenvalue weighted by Crippen LogP contribution is 2.26. The molecule has 0 aliphatic rings. The van der Waals surface area contributed by atoms with Crippen LogP contribution >= 0.6 is 22.9 Å². The van der Waals surface area contributed by atoms with E-state index in [1.54, 1.807) is 18.2 Å². The average Bonchev–Trinajstić information content (AvgIpc) is 3.03. The van der Waals surface area contributed by atoms with E-state index in [2.05, 4.69) is 15.0 Å². The van der Waals surface area contributed by atoms with Gasteiger partial charge in [0.25, 0.3) is 0 Å². The highest BCUT2D eigenvalue weighted by Gasteiger charge is 2.13. The van der Waals surface area contributed by atoms with Crippen molar-refractivity contribution in [3.63, 3.8) is 0 Å². The molecule has 2 heterocycles. The number of benzene rings is 1. The SMILES string of the molecule is CCc1csc(CC(=O)c2cc(Cl)cc(Oc3cncnc3)c2)n1. The molecule has 0 fully saturated rings. The van der Waals surface area contributed by atoms with Gasteiger partial charge in [0.2, 0.25) is 0 Å². The van der Waals surface area contributed by atoms with Gasteiger partial charge in [0.05, 0.1) is 24.5 Å². The fourth-order valence-corrected chi connectivity index (χ4v) is 3.19. The summed E-state index contributed by atoms with van der Waals surface area (Å²) < 4.78 is 5.65. The Hall–Kier alpha value is -2.31. The zero-order chi connectivity index (χ0) is 16.9. The molecule has 0 N–H and O–H groups in total. The second kappa shape index (κ2) is 7.51. The van der Waals surface area contributed by atoms with Gasteiger partial charge < -0.3 is 4.74 Å². The molecule has 1 aromatic carbocycles. The lowest BCUT2D eigenvalue weighted by atomic mass is 10.1. The Bertz CT molecular complexity index is 852. The molecule has 0 aliphatic carbocycles. The molecule has 24 heavy (non-hydrogen) atoms. The summed E-state index contributed by atoms with van der Waals surface area (Å²) in [6.07, 6.45) is 5.60. The summed E-state index contributed by atoms with van der Waals surface area (Å²) in [6.45, 7) is 2.04. The maximum absolute atomic E-state index is 12.5. The lowest BCUT2D eigenvalue weighted by Gasteiger charge is -2.07. The number of carbonyl (C=O) groups is 1. The maximum atomic E-state index is 12.5. The van der Waals surface area contributed by atoms with E-state index in [4.69, 9.17) is 16.3 Å². The van der Waals surface area contributed by atoms with Crippen molar-refractivity contribution in [2.24, 2.45) is 0 Å². The molecule has 0 atom stereocenters. The normalized spacial score (nSPS) is 10.6. The van der Waals surface area contributed by atoms with E-state index >= 15 is 0 Å². The molecule has 7 heteroatoms. The van der Waals surface area contributed by atoms with Crippen LogP contribution in [0.15, 0.2) is 42.3 Å². The van der Waals surface area contributed by atoms with Crippen molar-refractivity contribution < 1.29 is 9.53 Å². The first-order valence-corrected chi connectivity index (χ1v) is 8.59. The largest absolute Gasteiger partial charge is 0.454 e. The van der Waals surface area contributed by atoms with Crippen LogP contribution in [0.3, 0.4) is 0 Å². The predicted octanol–water partition coefficient (Wildman–Crippen LogP) is 4.37. The first-order valence-electron chi connectivity index (χ1n) is 7.34. The second-order valence-corrected chi connectivity index (χ2v) is 6.42. The van der Waals surface area contributed by atoms with Gasteiger partial charge in [0.15, 0.2) is 11.5 Å². The first-order chi connectivity index (χ1) is 11.6. The van der Waals surface area contributed by atoms with Crippen LogP contribution in [-0.4, -0.2) is 20.7 Å². The van der Waals surface area contributed by atoms with Crippen LogP contribution in [0.2, 0.25) is 5.02 Å². The van der Waals surface area contributed by atoms with E-state index < -0.39 is 0 Å². The van der Waals surface area contributed by atoms with Crippen molar-refractivity contribution in [1.29, 1.82) is 0 Å². The molecular formula is C17H14ClN3O2S. The third kappa shape index (κ3) is 4.15. The third-order valence-electron chi connectivity index (χ3n) is 3.24. The van der Waals surface area contributed by atoms with Crippen LogP contribution < -0.4 is 4.74 Å². The topological polar surface area (TPSA) is 65.0 Å². The maximum Gasteiger partial charge on any atom is 0.169 e. The number of rotatable bonds is 6. The zero-order valence-electron chi connectivity index (χ0n) is 12.9. The average molecular weight is 360 g/mol. The molecule has 0 amide bonds. The van der Waals surface area contributed by atoms with Gasteiger partial charge in [-0.1, -0.05) is 18.5 Å². The van der Waals surface area contributed by atoms with Gasteiger partial charge in [-0.3, -0.25) is 4.79 Å². The number of hydrogen-bond donors (Lipinski definition) is 0. The van der Waals surface area contributed by atoms with Gasteiger partial charge in [-0.15, -0.1) is 11.3 Å². The van der Waals surface area contributed by atoms with E-state index in [0.29, 0.717) is 22.1 Å². The fourth-order valence-electron chi connectivity index (χ4n) is 2.09. The van der Waals surface area contributed by atoms with Crippen LogP contribution in [0.1, 0.15) is 28.0 Å². The van der Waals surface area contributed by atoms with Crippen LogP contribution in [0.4, 0.5) is 0 Å². The second-order valence-electron chi connectivity index (χ2n) is 5.04. The number of carbonyl (C=O) groups excluding carboxylic acids is 1. The van der Waals surface area contributed by atoms with E-state index in [0.717, 1.165) is 17.1 Å². The number of thiazole rings is 1. The molecule has 0 radical (unpaired) electrons. The van der Waals surface area contributed by atoms with Crippen molar-refractivity contribution >= 4 is 28.7 Å². The Kier molecular flexibility index (Phi) is 5.17. The number of halogens is 1. The Morgan fingerprint density at radius 3 is 2.71 bits per heavy atom. The lowest BCUT2D eigenvalue weighted by Crippen LogP contribution is -2.04. The standard InChI is InChI=1S/C17H14ClN3O2S/c1-2-13-9-24-17(21-13)6-16(22)11-3-12(18)5-14(4-11)23-15-7-19-10-20-8-15/h3-5,7-10H,2,6H2,1H3. The van der Waals surface area contributed by atoms with Gasteiger partial charge in [-0.2, -0.15) is 0 Å². The third-order valence-corrected chi connectivity index (χ3v) is 4.36. The summed E-state index contributed by atoms with van der Waals surface area (Å²) in [5.41, 5.74) is 1.49. The number of aryl methyl sites for hydroxylation is 1. The molecular weight excluding hydrogens is 346 g/mol. The minimum atomic E-state index is -0.0522. The molecule has 5 nitrogen and oxygen atoms in total. The number of aromatic nitrogens is 3. The van der Waals surface area contributed by atoms with Crippen LogP contribution in [0.25, 0.3) is 0 Å². The molecule has 122 valence electrons. The number of ketones is 1. The number of Topliss-reactive ketones (excluding diaryl/α,β-unsaturated/α-hetero) is 1. The van der Waals surface area contributed by atoms with Crippen LogP contribution in [-0.2, 0) is 12.8 Å². The van der Waals surface area contributed by atoms with Crippen molar-refractivity contribution in [1.82, 2.24) is 15.0 Å². The first kappa shape index (κ1) is 16.5. The molecule has 0 saturated heterocycles. The Labute approximate surface area is 148 Å². The van der Waals surface area contributed by atoms with E-state index in [1.807, 2.05) is 12.3 Å². The lowest BCUT2D eigenvalue weighted by molar-refractivity contribution is 0.0992. The van der Waals surface area contributed by atoms with Crippen molar-refractivity contribution in [2.45, 2.75) is 19.8 Å². The van der Waals surface area contributed by atoms with Gasteiger partial charge in [-0.05, 0) is 24.6 Å². The van der Waals surface area contributed by atoms with Crippen LogP contribution in [0, 0.1) is 0 Å². The zero-order valence-corrected chi connectivity index (χ0v) is 14.5. The predicted molar refractivity (Wildman–Crippen MR) is 93.1 cm³/mol. The fraction of sp³-hybridized carbons (Fsp3) is 0.176. The Balaban J connectivity index is 1.78. The Morgan fingerprint density at radius 1 is 1.21 bits per heavy atom. The van der Waals surface area contributed by atoms with Crippen LogP contribution in [0.5, 0.6) is 11.5 Å². The van der Waals surface area contributed by atoms with E-state index in [9.17, 15) is 4.79 Å². The Morgan fingerprint density at radius 2 is 2.00 bits per heavy atom. The summed E-state index contributed by atoms with van der Waals surface area (Å²) >= 11 is 7.61. The molecule has 0 bridgehead atoms. The minimum absolute atomic E-state index is 0.0522. The summed E-state index contributed by atoms with van der Waals surface area (Å²) in [5.74, 6) is 0.892. The smallest absolute Gasteiger partial charge is 0.169 e. The summed E-state index contributed by atoms with van der Waals surface area (Å²) in [5, 5.41) is 3.21. The molecule has 0 unspecified atom stereocenters. The van der Waals surface area contributed by atoms with Crippen molar-refractivity contribution in [3.8, 4) is 11.5 Å². The molecule has 2 aromatic heterocycles. The summed E-state index contributed by atoms with van der Waals surface area (Å²) in [4.78, 5) is 24.7. The highest BCUT2D eigenvalue weighted by molar-refractivity contribution is 7.09. The number of ether oxygens (including phenoxy) is 1. The van der Waals surface area contributed by atoms with E-state index in [-0.39, 0.29) is 12.2 Å². The van der Waals surface area contributed by atoms with E-state index in [1.165, 1.54) is 30.1 Å². The monoisotopic (exact) mass is 359 g/mol. The van der Waals surface area contributed by atoms with Gasteiger partial charge in [0, 0.05) is 16.0 Å². The van der Waals surface area contributed by atoms with Crippen molar-refractivity contribution in [2.75, 3.05) is 0 Å². The number of hydrogen-bond acceptors (Lipinski definition) is 6. The van der Waals surface area contributed by atoms with Gasteiger partial charge in [0.1, 0.15) is 17.1 Å². The molecule has 3 aromatic rings. The molecule has 3 rings (SSSR count). The summed E-state index contributed by atoms with van der Waals surface area (Å²) in [7, 11) is 0. The quantitative estimate of drug-likeness (QED) is 0.611. The molecule has 0 spiro atoms. The van der Waals surface area contributed by atoms with Crippen molar-refractivity contribution in [3.05, 3.63) is 63.6 Å². The molecule has 0 saturated carbocycles. The summed E-state index contributed by atoms with van der Waals surface area (Å²) in [6, 6.07) is 4.94. The number of nitrogens with zero attached hydrogens (tertiary/aromatic N) is 3. The van der Waals surface area contributed by atoms with Gasteiger partial charge in [-0.25, -0.2) is 15.0 Å². The highest BCUT2D eigenvalue weighted by atomic mass is 35.5. The minimum Gasteiger partial charge on any atom is -0.454 e.